The maximum Gasteiger partial charge on any atom is 0.222 e. The molecule has 0 aromatic heterocycles. The second-order valence-corrected chi connectivity index (χ2v) is 9.88. The van der Waals surface area contributed by atoms with Gasteiger partial charge >= 0.3 is 0 Å². The number of unbranched alkanes of at least 4 members (excludes halogenated alkanes) is 1. The summed E-state index contributed by atoms with van der Waals surface area (Å²) >= 11 is 0. The van der Waals surface area contributed by atoms with Gasteiger partial charge in [-0.15, -0.1) is 0 Å². The number of benzene rings is 1. The van der Waals surface area contributed by atoms with Gasteiger partial charge in [-0.3, -0.25) is 4.79 Å². The smallest absolute Gasteiger partial charge is 0.222 e. The van der Waals surface area contributed by atoms with Crippen molar-refractivity contribution in [1.82, 2.24) is 4.90 Å². The largest absolute Gasteiger partial charge is 0.343 e. The van der Waals surface area contributed by atoms with Crippen molar-refractivity contribution < 1.29 is 4.79 Å². The van der Waals surface area contributed by atoms with Gasteiger partial charge in [0.2, 0.25) is 5.91 Å². The van der Waals surface area contributed by atoms with Gasteiger partial charge in [-0.2, -0.15) is 0 Å². The molecule has 2 fully saturated rings. The van der Waals surface area contributed by atoms with Crippen molar-refractivity contribution in [3.63, 3.8) is 0 Å². The summed E-state index contributed by atoms with van der Waals surface area (Å²) in [5.41, 5.74) is 1.44. The fourth-order valence-electron chi connectivity index (χ4n) is 3.70. The summed E-state index contributed by atoms with van der Waals surface area (Å²) in [5.74, 6) is 2.45. The third-order valence-electron chi connectivity index (χ3n) is 5.23. The van der Waals surface area contributed by atoms with Crippen LogP contribution < -0.4 is 0 Å². The number of amides is 1. The molecule has 4 heteroatoms. The molecule has 24 heavy (non-hydrogen) atoms. The van der Waals surface area contributed by atoms with Crippen LogP contribution in [0.15, 0.2) is 30.3 Å². The Balaban J connectivity index is 1.30. The first-order valence-corrected chi connectivity index (χ1v) is 11.8. The van der Waals surface area contributed by atoms with E-state index in [1.165, 1.54) is 37.0 Å². The van der Waals surface area contributed by atoms with Gasteiger partial charge in [0.25, 0.3) is 0 Å². The molecule has 0 N–H and O–H groups in total. The van der Waals surface area contributed by atoms with Gasteiger partial charge in [0.1, 0.15) is 0 Å². The SMILES string of the molecule is O=C(CCCCC1CCSS1)N1CCC(Cc2ccccc2)CC1. The van der Waals surface area contributed by atoms with E-state index in [1.807, 2.05) is 10.8 Å². The zero-order valence-electron chi connectivity index (χ0n) is 14.5. The van der Waals surface area contributed by atoms with Gasteiger partial charge < -0.3 is 4.90 Å². The summed E-state index contributed by atoms with van der Waals surface area (Å²) in [6, 6.07) is 10.8. The van der Waals surface area contributed by atoms with E-state index in [2.05, 4.69) is 46.0 Å². The summed E-state index contributed by atoms with van der Waals surface area (Å²) in [7, 11) is 4.06. The normalized spacial score (nSPS) is 22.0. The summed E-state index contributed by atoms with van der Waals surface area (Å²) in [4.78, 5) is 14.5. The van der Waals surface area contributed by atoms with Crippen molar-refractivity contribution in [2.45, 2.75) is 56.6 Å². The highest BCUT2D eigenvalue weighted by Gasteiger charge is 2.23. The van der Waals surface area contributed by atoms with E-state index in [-0.39, 0.29) is 0 Å². The number of nitrogens with zero attached hydrogens (tertiary/aromatic N) is 1. The molecular weight excluding hydrogens is 334 g/mol. The Hall–Kier alpha value is -0.610. The number of carbonyl (C=O) groups is 1. The minimum atomic E-state index is 0.390. The molecule has 2 aliphatic rings. The summed E-state index contributed by atoms with van der Waals surface area (Å²) < 4.78 is 0. The van der Waals surface area contributed by atoms with Crippen molar-refractivity contribution in [1.29, 1.82) is 0 Å². The highest BCUT2D eigenvalue weighted by Crippen LogP contribution is 2.39. The van der Waals surface area contributed by atoms with Crippen LogP contribution in [0.4, 0.5) is 0 Å². The molecule has 0 aliphatic carbocycles. The van der Waals surface area contributed by atoms with Crippen LogP contribution in [0.1, 0.15) is 50.5 Å². The number of hydrogen-bond donors (Lipinski definition) is 0. The van der Waals surface area contributed by atoms with Gasteiger partial charge in [-0.05, 0) is 50.0 Å². The molecule has 2 aliphatic heterocycles. The molecular formula is C20H29NOS2. The molecule has 0 bridgehead atoms. The first-order valence-electron chi connectivity index (χ1n) is 9.41. The first kappa shape index (κ1) is 18.2. The van der Waals surface area contributed by atoms with E-state index in [1.54, 1.807) is 0 Å². The second-order valence-electron chi connectivity index (χ2n) is 7.09. The van der Waals surface area contributed by atoms with E-state index in [9.17, 15) is 4.79 Å². The highest BCUT2D eigenvalue weighted by molar-refractivity contribution is 8.77. The number of hydrogen-bond acceptors (Lipinski definition) is 3. The minimum absolute atomic E-state index is 0.390. The molecule has 0 spiro atoms. The Morgan fingerprint density at radius 2 is 1.88 bits per heavy atom. The van der Waals surface area contributed by atoms with Crippen LogP contribution in [0.25, 0.3) is 0 Å². The van der Waals surface area contributed by atoms with Crippen LogP contribution >= 0.6 is 21.6 Å². The standard InChI is InChI=1S/C20H29NOS2/c22-20(9-5-4-8-19-12-15-23-24-19)21-13-10-18(11-14-21)16-17-6-2-1-3-7-17/h1-3,6-7,18-19H,4-5,8-16H2. The average Bonchev–Trinajstić information content (AvgIpc) is 3.13. The average molecular weight is 364 g/mol. The van der Waals surface area contributed by atoms with Gasteiger partial charge in [0, 0.05) is 30.5 Å². The highest BCUT2D eigenvalue weighted by atomic mass is 33.1. The molecule has 0 radical (unpaired) electrons. The Morgan fingerprint density at radius 1 is 1.08 bits per heavy atom. The minimum Gasteiger partial charge on any atom is -0.343 e. The van der Waals surface area contributed by atoms with Crippen molar-refractivity contribution in [3.05, 3.63) is 35.9 Å². The van der Waals surface area contributed by atoms with E-state index in [4.69, 9.17) is 0 Å². The molecule has 132 valence electrons. The lowest BCUT2D eigenvalue weighted by Crippen LogP contribution is -2.38. The Labute approximate surface area is 154 Å². The van der Waals surface area contributed by atoms with Gasteiger partial charge in [0.05, 0.1) is 0 Å². The maximum atomic E-state index is 12.4. The maximum absolute atomic E-state index is 12.4. The lowest BCUT2D eigenvalue weighted by Gasteiger charge is -2.32. The lowest BCUT2D eigenvalue weighted by atomic mass is 9.90. The van der Waals surface area contributed by atoms with Crippen molar-refractivity contribution >= 4 is 27.5 Å². The van der Waals surface area contributed by atoms with E-state index in [0.29, 0.717) is 5.91 Å². The van der Waals surface area contributed by atoms with Crippen LogP contribution in [0.3, 0.4) is 0 Å². The quantitative estimate of drug-likeness (QED) is 0.492. The van der Waals surface area contributed by atoms with Gasteiger partial charge in [0.15, 0.2) is 0 Å². The van der Waals surface area contributed by atoms with Gasteiger partial charge in [-0.25, -0.2) is 0 Å². The third kappa shape index (κ3) is 5.73. The van der Waals surface area contributed by atoms with Crippen molar-refractivity contribution in [3.8, 4) is 0 Å². The van der Waals surface area contributed by atoms with Crippen molar-refractivity contribution in [2.75, 3.05) is 18.8 Å². The number of likely N-dealkylation sites (tertiary alicyclic amines) is 1. The number of carbonyl (C=O) groups excluding carboxylic acids is 1. The molecule has 1 atom stereocenters. The first-order chi connectivity index (χ1) is 11.8. The van der Waals surface area contributed by atoms with E-state index < -0.39 is 0 Å². The molecule has 2 heterocycles. The predicted molar refractivity (Wildman–Crippen MR) is 106 cm³/mol. The van der Waals surface area contributed by atoms with E-state index >= 15 is 0 Å². The monoisotopic (exact) mass is 363 g/mol. The molecule has 2 nitrogen and oxygen atoms in total. The molecule has 1 unspecified atom stereocenters. The topological polar surface area (TPSA) is 20.3 Å². The second kappa shape index (κ2) is 9.76. The van der Waals surface area contributed by atoms with Gasteiger partial charge in [-0.1, -0.05) is 58.3 Å². The summed E-state index contributed by atoms with van der Waals surface area (Å²) in [6.45, 7) is 1.93. The predicted octanol–water partition coefficient (Wildman–Crippen LogP) is 5.18. The summed E-state index contributed by atoms with van der Waals surface area (Å²) in [5, 5.41) is 0.846. The van der Waals surface area contributed by atoms with E-state index in [0.717, 1.165) is 49.9 Å². The molecule has 2 saturated heterocycles. The zero-order valence-corrected chi connectivity index (χ0v) is 16.1. The Bertz CT molecular complexity index is 494. The molecule has 3 rings (SSSR count). The van der Waals surface area contributed by atoms with Crippen LogP contribution in [0, 0.1) is 5.92 Å². The van der Waals surface area contributed by atoms with Crippen LogP contribution in [-0.4, -0.2) is 34.9 Å². The lowest BCUT2D eigenvalue weighted by molar-refractivity contribution is -0.132. The molecule has 0 saturated carbocycles. The fourth-order valence-corrected chi connectivity index (χ4v) is 6.73. The molecule has 1 aromatic rings. The molecule has 1 amide bonds. The van der Waals surface area contributed by atoms with Crippen LogP contribution in [-0.2, 0) is 11.2 Å². The molecule has 1 aromatic carbocycles. The third-order valence-corrected chi connectivity index (χ3v) is 8.24. The van der Waals surface area contributed by atoms with Crippen LogP contribution in [0.5, 0.6) is 0 Å². The number of rotatable bonds is 7. The zero-order chi connectivity index (χ0) is 16.6. The number of piperidine rings is 1. The Morgan fingerprint density at radius 3 is 2.58 bits per heavy atom. The summed E-state index contributed by atoms with van der Waals surface area (Å²) in [6.07, 6.45) is 9.20. The van der Waals surface area contributed by atoms with Crippen LogP contribution in [0.2, 0.25) is 0 Å². The van der Waals surface area contributed by atoms with Crippen molar-refractivity contribution in [2.24, 2.45) is 5.92 Å². The fraction of sp³-hybridized carbons (Fsp3) is 0.650. The Kier molecular flexibility index (Phi) is 7.40.